The summed E-state index contributed by atoms with van der Waals surface area (Å²) in [5.41, 5.74) is -0.0518. The molecule has 3 aromatic carbocycles. The molecule has 46 heavy (non-hydrogen) atoms. The number of aryl methyl sites for hydroxylation is 1. The van der Waals surface area contributed by atoms with Crippen LogP contribution in [0.25, 0.3) is 22.0 Å². The molecule has 3 N–H and O–H groups in total. The predicted octanol–water partition coefficient (Wildman–Crippen LogP) is 7.58. The van der Waals surface area contributed by atoms with E-state index in [9.17, 15) is 40.3 Å². The first kappa shape index (κ1) is 33.3. The van der Waals surface area contributed by atoms with Gasteiger partial charge >= 0.3 is 12.4 Å². The zero-order valence-electron chi connectivity index (χ0n) is 24.2. The lowest BCUT2D eigenvalue weighted by Gasteiger charge is -2.28. The van der Waals surface area contributed by atoms with Gasteiger partial charge in [0.2, 0.25) is 5.91 Å². The summed E-state index contributed by atoms with van der Waals surface area (Å²) in [6, 6.07) is 3.06. The van der Waals surface area contributed by atoms with Crippen LogP contribution < -0.4 is 11.1 Å². The molecule has 2 amide bonds. The molecule has 0 saturated carbocycles. The largest absolute Gasteiger partial charge is 0.419 e. The number of carbonyl (C=O) groups excluding carboxylic acids is 2. The van der Waals surface area contributed by atoms with Crippen LogP contribution in [0.3, 0.4) is 0 Å². The van der Waals surface area contributed by atoms with Crippen LogP contribution in [-0.4, -0.2) is 36.1 Å². The minimum Gasteiger partial charge on any atom is -0.402 e. The van der Waals surface area contributed by atoms with Crippen LogP contribution >= 0.6 is 11.6 Å². The fraction of sp³-hybridized carbons (Fsp3) is 0.276. The third-order valence-electron chi connectivity index (χ3n) is 7.24. The van der Waals surface area contributed by atoms with Crippen molar-refractivity contribution in [3.8, 4) is 11.1 Å². The van der Waals surface area contributed by atoms with Crippen molar-refractivity contribution in [2.24, 2.45) is 12.8 Å². The van der Waals surface area contributed by atoms with Crippen molar-refractivity contribution in [1.82, 2.24) is 15.1 Å². The molecular formula is C29H23ClF8N4O3Si. The number of primary amides is 1. The van der Waals surface area contributed by atoms with E-state index in [0.29, 0.717) is 6.07 Å². The smallest absolute Gasteiger partial charge is 0.402 e. The summed E-state index contributed by atoms with van der Waals surface area (Å²) in [6.45, 7) is 4.51. The maximum Gasteiger partial charge on any atom is 0.419 e. The molecular weight excluding hydrogens is 668 g/mol. The summed E-state index contributed by atoms with van der Waals surface area (Å²) in [7, 11) is -1.79. The third kappa shape index (κ3) is 5.84. The van der Waals surface area contributed by atoms with Crippen LogP contribution in [0, 0.1) is 11.6 Å². The minimum atomic E-state index is -5.12. The average Bonchev–Trinajstić information content (AvgIpc) is 3.42. The quantitative estimate of drug-likeness (QED) is 0.161. The van der Waals surface area contributed by atoms with Crippen molar-refractivity contribution in [2.75, 3.05) is 0 Å². The molecule has 0 fully saturated rings. The lowest BCUT2D eigenvalue weighted by molar-refractivity contribution is -0.202. The van der Waals surface area contributed by atoms with Gasteiger partial charge in [0.25, 0.3) is 5.91 Å². The standard InChI is InChI=1S/C29H23ClF8N4O3Si/c1-42-24(25(29(36,37)38)45-46(2,3)4)16-10-14(19-15(26(39)43)7-11(8-18(19)32)28(33,34)35)20-21(23(16)41-42)27(44)40-22(20)13-9-12(31)5-6-17(13)30/h5-10,22,25H,1-4H3,(H2,39,43)(H,40,44). The molecule has 0 aliphatic carbocycles. The summed E-state index contributed by atoms with van der Waals surface area (Å²) >= 11 is 6.33. The monoisotopic (exact) mass is 690 g/mol. The Kier molecular flexibility index (Phi) is 8.01. The van der Waals surface area contributed by atoms with E-state index < -0.39 is 89.8 Å². The van der Waals surface area contributed by atoms with Crippen molar-refractivity contribution in [3.05, 3.63) is 86.6 Å². The molecule has 2 atom stereocenters. The summed E-state index contributed by atoms with van der Waals surface area (Å²) in [4.78, 5) is 26.1. The van der Waals surface area contributed by atoms with Gasteiger partial charge in [0.15, 0.2) is 14.4 Å². The van der Waals surface area contributed by atoms with Crippen molar-refractivity contribution >= 4 is 42.6 Å². The van der Waals surface area contributed by atoms with Crippen molar-refractivity contribution in [1.29, 1.82) is 0 Å². The van der Waals surface area contributed by atoms with Gasteiger partial charge in [0, 0.05) is 34.1 Å². The number of benzene rings is 3. The fourth-order valence-electron chi connectivity index (χ4n) is 5.53. The van der Waals surface area contributed by atoms with E-state index in [2.05, 4.69) is 10.4 Å². The number of hydrogen-bond acceptors (Lipinski definition) is 4. The van der Waals surface area contributed by atoms with Gasteiger partial charge < -0.3 is 15.5 Å². The van der Waals surface area contributed by atoms with Crippen molar-refractivity contribution in [3.63, 3.8) is 0 Å². The Morgan fingerprint density at radius 3 is 2.28 bits per heavy atom. The van der Waals surface area contributed by atoms with Gasteiger partial charge in [0.1, 0.15) is 17.2 Å². The molecule has 244 valence electrons. The number of fused-ring (bicyclic) bond motifs is 3. The molecule has 5 rings (SSSR count). The van der Waals surface area contributed by atoms with Gasteiger partial charge in [-0.25, -0.2) is 8.78 Å². The van der Waals surface area contributed by atoms with E-state index in [1.165, 1.54) is 19.6 Å². The molecule has 2 unspecified atom stereocenters. The molecule has 7 nitrogen and oxygen atoms in total. The first-order valence-corrected chi connectivity index (χ1v) is 17.1. The second-order valence-corrected chi connectivity index (χ2v) is 16.5. The maximum atomic E-state index is 15.9. The number of aromatic nitrogens is 2. The number of halogens is 9. The summed E-state index contributed by atoms with van der Waals surface area (Å²) in [6.07, 6.45) is -12.7. The summed E-state index contributed by atoms with van der Waals surface area (Å²) in [5.74, 6) is -4.88. The summed E-state index contributed by atoms with van der Waals surface area (Å²) in [5, 5.41) is 6.26. The summed E-state index contributed by atoms with van der Waals surface area (Å²) < 4.78 is 121. The number of carbonyl (C=O) groups is 2. The van der Waals surface area contributed by atoms with E-state index in [1.54, 1.807) is 0 Å². The zero-order valence-corrected chi connectivity index (χ0v) is 26.0. The van der Waals surface area contributed by atoms with Gasteiger partial charge in [0.05, 0.1) is 28.4 Å². The normalized spacial score (nSPS) is 16.1. The molecule has 0 bridgehead atoms. The van der Waals surface area contributed by atoms with Gasteiger partial charge in [-0.3, -0.25) is 14.3 Å². The predicted molar refractivity (Wildman–Crippen MR) is 154 cm³/mol. The number of nitrogens with zero attached hydrogens (tertiary/aromatic N) is 2. The van der Waals surface area contributed by atoms with Crippen molar-refractivity contribution in [2.45, 2.75) is 44.1 Å². The Balaban J connectivity index is 1.97. The molecule has 17 heteroatoms. The SMILES string of the molecule is Cn1nc2c3c(c(-c4c(F)cc(C(F)(F)F)cc4C(N)=O)cc2c1C(O[Si](C)(C)C)C(F)(F)F)C(c1cc(F)ccc1Cl)NC3=O. The van der Waals surface area contributed by atoms with Crippen LogP contribution in [0.5, 0.6) is 0 Å². The van der Waals surface area contributed by atoms with Crippen LogP contribution in [0.1, 0.15) is 55.2 Å². The number of rotatable bonds is 6. The van der Waals surface area contributed by atoms with Gasteiger partial charge in [-0.1, -0.05) is 11.6 Å². The first-order chi connectivity index (χ1) is 21.1. The van der Waals surface area contributed by atoms with Gasteiger partial charge in [-0.05, 0) is 61.6 Å². The van der Waals surface area contributed by atoms with E-state index in [4.69, 9.17) is 21.8 Å². The van der Waals surface area contributed by atoms with Crippen LogP contribution in [0.2, 0.25) is 24.7 Å². The zero-order chi connectivity index (χ0) is 34.3. The highest BCUT2D eigenvalue weighted by atomic mass is 35.5. The van der Waals surface area contributed by atoms with E-state index >= 15 is 4.39 Å². The first-order valence-electron chi connectivity index (χ1n) is 13.3. The highest BCUT2D eigenvalue weighted by Crippen LogP contribution is 2.49. The Morgan fingerprint density at radius 2 is 1.72 bits per heavy atom. The van der Waals surface area contributed by atoms with Crippen LogP contribution in [0.4, 0.5) is 35.1 Å². The Labute approximate surface area is 261 Å². The lowest BCUT2D eigenvalue weighted by atomic mass is 9.85. The molecule has 1 aliphatic rings. The highest BCUT2D eigenvalue weighted by molar-refractivity contribution is 6.69. The van der Waals surface area contributed by atoms with Gasteiger partial charge in [-0.15, -0.1) is 0 Å². The number of alkyl halides is 6. The number of nitrogens with two attached hydrogens (primary N) is 1. The van der Waals surface area contributed by atoms with Crippen molar-refractivity contribution < 1.29 is 49.1 Å². The second-order valence-electron chi connectivity index (χ2n) is 11.6. The lowest BCUT2D eigenvalue weighted by Crippen LogP contribution is -2.36. The minimum absolute atomic E-state index is 0.0753. The Morgan fingerprint density at radius 1 is 1.07 bits per heavy atom. The fourth-order valence-corrected chi connectivity index (χ4v) is 6.71. The molecule has 1 aromatic heterocycles. The van der Waals surface area contributed by atoms with E-state index in [1.807, 2.05) is 0 Å². The second kappa shape index (κ2) is 11.1. The molecule has 1 aliphatic heterocycles. The molecule has 4 aromatic rings. The van der Waals surface area contributed by atoms with Crippen LogP contribution in [-0.2, 0) is 17.6 Å². The average molecular weight is 691 g/mol. The number of nitrogens with one attached hydrogen (secondary N) is 1. The maximum absolute atomic E-state index is 15.9. The number of hydrogen-bond donors (Lipinski definition) is 2. The molecule has 2 heterocycles. The van der Waals surface area contributed by atoms with E-state index in [0.717, 1.165) is 36.0 Å². The van der Waals surface area contributed by atoms with Gasteiger partial charge in [-0.2, -0.15) is 31.4 Å². The Bertz CT molecular complexity index is 1940. The third-order valence-corrected chi connectivity index (χ3v) is 8.53. The van der Waals surface area contributed by atoms with E-state index in [-0.39, 0.29) is 33.1 Å². The molecule has 0 saturated heterocycles. The Hall–Kier alpha value is -4.02. The highest BCUT2D eigenvalue weighted by Gasteiger charge is 2.48. The molecule has 0 radical (unpaired) electrons. The number of amides is 2. The molecule has 0 spiro atoms. The van der Waals surface area contributed by atoms with Crippen LogP contribution in [0.15, 0.2) is 36.4 Å². The topological polar surface area (TPSA) is 99.2 Å².